The summed E-state index contributed by atoms with van der Waals surface area (Å²) in [5, 5.41) is 10.7. The highest BCUT2D eigenvalue weighted by molar-refractivity contribution is 7.11. The summed E-state index contributed by atoms with van der Waals surface area (Å²) in [6, 6.07) is 0. The highest BCUT2D eigenvalue weighted by atomic mass is 32.1. The maximum atomic E-state index is 13.2. The lowest BCUT2D eigenvalue weighted by Crippen LogP contribution is -2.49. The van der Waals surface area contributed by atoms with Crippen LogP contribution in [0.1, 0.15) is 28.9 Å². The number of likely N-dealkylation sites (tertiary alicyclic amines) is 2. The summed E-state index contributed by atoms with van der Waals surface area (Å²) in [6.45, 7) is 1.65. The fraction of sp³-hybridized carbons (Fsp3) is 0.714. The zero-order chi connectivity index (χ0) is 15.8. The number of rotatable bonds is 3. The van der Waals surface area contributed by atoms with Gasteiger partial charge in [0, 0.05) is 39.0 Å². The van der Waals surface area contributed by atoms with Crippen molar-refractivity contribution < 1.29 is 18.7 Å². The molecule has 0 radical (unpaired) electrons. The molecule has 3 heterocycles. The zero-order valence-corrected chi connectivity index (χ0v) is 13.0. The minimum absolute atomic E-state index is 0.122. The Hall–Kier alpha value is -1.12. The van der Waals surface area contributed by atoms with Gasteiger partial charge in [-0.05, 0) is 6.42 Å². The Morgan fingerprint density at radius 2 is 2.05 bits per heavy atom. The molecule has 2 aliphatic heterocycles. The molecule has 2 fully saturated rings. The van der Waals surface area contributed by atoms with Crippen molar-refractivity contribution in [1.82, 2.24) is 14.8 Å². The maximum absolute atomic E-state index is 13.2. The van der Waals surface area contributed by atoms with Gasteiger partial charge in [0.05, 0.1) is 23.9 Å². The number of hydrogen-bond acceptors (Lipinski definition) is 5. The molecule has 5 nitrogen and oxygen atoms in total. The summed E-state index contributed by atoms with van der Waals surface area (Å²) >= 11 is 1.28. The van der Waals surface area contributed by atoms with Gasteiger partial charge < -0.3 is 10.0 Å². The monoisotopic (exact) mass is 331 g/mol. The van der Waals surface area contributed by atoms with Crippen LogP contribution in [-0.4, -0.2) is 70.0 Å². The first-order valence-electron chi connectivity index (χ1n) is 7.37. The van der Waals surface area contributed by atoms with Crippen LogP contribution >= 0.6 is 11.3 Å². The molecule has 0 saturated carbocycles. The van der Waals surface area contributed by atoms with E-state index in [0.717, 1.165) is 0 Å². The van der Waals surface area contributed by atoms with Crippen LogP contribution in [-0.2, 0) is 0 Å². The standard InChI is InChI=1S/C14H19F2N3O2S/c15-14(16)2-4-18(5-3-14)8-13(21)1-6-19(9-13)12(20)11-7-17-10-22-11/h7,10,21H,1-6,8-9H2. The van der Waals surface area contributed by atoms with Crippen molar-refractivity contribution in [2.75, 3.05) is 32.7 Å². The van der Waals surface area contributed by atoms with Gasteiger partial charge >= 0.3 is 0 Å². The highest BCUT2D eigenvalue weighted by Gasteiger charge is 2.42. The molecule has 1 aromatic rings. The number of hydrogen-bond donors (Lipinski definition) is 1. The van der Waals surface area contributed by atoms with Crippen molar-refractivity contribution in [2.45, 2.75) is 30.8 Å². The smallest absolute Gasteiger partial charge is 0.265 e. The lowest BCUT2D eigenvalue weighted by atomic mass is 10.00. The molecule has 1 N–H and O–H groups in total. The van der Waals surface area contributed by atoms with Crippen LogP contribution in [0.4, 0.5) is 8.78 Å². The molecule has 0 aromatic carbocycles. The molecule has 8 heteroatoms. The second kappa shape index (κ2) is 5.82. The quantitative estimate of drug-likeness (QED) is 0.911. The fourth-order valence-electron chi connectivity index (χ4n) is 3.09. The highest BCUT2D eigenvalue weighted by Crippen LogP contribution is 2.30. The number of nitrogens with zero attached hydrogens (tertiary/aromatic N) is 3. The van der Waals surface area contributed by atoms with E-state index in [1.165, 1.54) is 17.5 Å². The lowest BCUT2D eigenvalue weighted by Gasteiger charge is -2.36. The Morgan fingerprint density at radius 1 is 1.32 bits per heavy atom. The largest absolute Gasteiger partial charge is 0.387 e. The van der Waals surface area contributed by atoms with Crippen LogP contribution in [0.5, 0.6) is 0 Å². The first-order chi connectivity index (χ1) is 10.4. The molecule has 1 atom stereocenters. The van der Waals surface area contributed by atoms with Crippen molar-refractivity contribution in [3.63, 3.8) is 0 Å². The number of aliphatic hydroxyl groups is 1. The number of alkyl halides is 2. The topological polar surface area (TPSA) is 56.7 Å². The van der Waals surface area contributed by atoms with E-state index in [1.807, 2.05) is 4.90 Å². The van der Waals surface area contributed by atoms with E-state index >= 15 is 0 Å². The van der Waals surface area contributed by atoms with Gasteiger partial charge in [-0.2, -0.15) is 0 Å². The van der Waals surface area contributed by atoms with Crippen molar-refractivity contribution in [2.24, 2.45) is 0 Å². The van der Waals surface area contributed by atoms with Crippen molar-refractivity contribution in [3.8, 4) is 0 Å². The number of thiazole rings is 1. The van der Waals surface area contributed by atoms with Gasteiger partial charge in [0.25, 0.3) is 11.8 Å². The number of piperidine rings is 1. The van der Waals surface area contributed by atoms with Gasteiger partial charge in [-0.25, -0.2) is 8.78 Å². The molecule has 1 amide bonds. The van der Waals surface area contributed by atoms with E-state index in [4.69, 9.17) is 0 Å². The predicted molar refractivity (Wildman–Crippen MR) is 78.2 cm³/mol. The normalized spacial score (nSPS) is 29.0. The molecule has 1 aromatic heterocycles. The van der Waals surface area contributed by atoms with Crippen molar-refractivity contribution >= 4 is 17.2 Å². The zero-order valence-electron chi connectivity index (χ0n) is 12.2. The van der Waals surface area contributed by atoms with Crippen LogP contribution in [0.25, 0.3) is 0 Å². The number of halogens is 2. The summed E-state index contributed by atoms with van der Waals surface area (Å²) in [6.07, 6.45) is 1.68. The number of β-amino-alcohol motifs (C(OH)–C–C–N with tert-alkyl or cyclic N) is 1. The van der Waals surface area contributed by atoms with E-state index in [2.05, 4.69) is 4.98 Å². The molecule has 122 valence electrons. The summed E-state index contributed by atoms with van der Waals surface area (Å²) in [4.78, 5) is 20.2. The number of amides is 1. The minimum Gasteiger partial charge on any atom is -0.387 e. The van der Waals surface area contributed by atoms with Crippen molar-refractivity contribution in [3.05, 3.63) is 16.6 Å². The van der Waals surface area contributed by atoms with E-state index in [1.54, 1.807) is 10.4 Å². The van der Waals surface area contributed by atoms with E-state index < -0.39 is 11.5 Å². The fourth-order valence-corrected chi connectivity index (χ4v) is 3.68. The van der Waals surface area contributed by atoms with E-state index in [9.17, 15) is 18.7 Å². The second-order valence-corrected chi connectivity index (χ2v) is 7.09. The van der Waals surface area contributed by atoms with Crippen LogP contribution in [0.3, 0.4) is 0 Å². The Bertz CT molecular complexity index is 530. The molecule has 0 aliphatic carbocycles. The molecular formula is C14H19F2N3O2S. The summed E-state index contributed by atoms with van der Waals surface area (Å²) in [5.74, 6) is -2.70. The number of carbonyl (C=O) groups is 1. The third-order valence-electron chi connectivity index (χ3n) is 4.37. The van der Waals surface area contributed by atoms with Crippen LogP contribution in [0.15, 0.2) is 11.7 Å². The molecule has 0 bridgehead atoms. The van der Waals surface area contributed by atoms with Crippen LogP contribution < -0.4 is 0 Å². The van der Waals surface area contributed by atoms with Gasteiger partial charge in [-0.1, -0.05) is 0 Å². The number of carbonyl (C=O) groups excluding carboxylic acids is 1. The summed E-state index contributed by atoms with van der Waals surface area (Å²) < 4.78 is 26.3. The Labute approximate surface area is 131 Å². The molecule has 1 unspecified atom stereocenters. The molecule has 2 aliphatic rings. The Morgan fingerprint density at radius 3 is 2.68 bits per heavy atom. The predicted octanol–water partition coefficient (Wildman–Crippen LogP) is 1.45. The minimum atomic E-state index is -2.58. The average Bonchev–Trinajstić information content (AvgIpc) is 3.11. The molecule has 3 rings (SSSR count). The lowest BCUT2D eigenvalue weighted by molar-refractivity contribution is -0.0720. The average molecular weight is 331 g/mol. The first kappa shape index (κ1) is 15.8. The van der Waals surface area contributed by atoms with E-state index in [-0.39, 0.29) is 38.4 Å². The van der Waals surface area contributed by atoms with Crippen molar-refractivity contribution in [1.29, 1.82) is 0 Å². The van der Waals surface area contributed by atoms with Gasteiger partial charge in [-0.15, -0.1) is 11.3 Å². The third kappa shape index (κ3) is 3.44. The SMILES string of the molecule is O=C(c1cncs1)N1CCC(O)(CN2CCC(F)(F)CC2)C1. The second-order valence-electron chi connectivity index (χ2n) is 6.20. The molecular weight excluding hydrogens is 312 g/mol. The van der Waals surface area contributed by atoms with E-state index in [0.29, 0.717) is 24.4 Å². The number of aromatic nitrogens is 1. The molecule has 0 spiro atoms. The summed E-state index contributed by atoms with van der Waals surface area (Å²) in [7, 11) is 0. The maximum Gasteiger partial charge on any atom is 0.265 e. The van der Waals surface area contributed by atoms with Gasteiger partial charge in [0.1, 0.15) is 4.88 Å². The van der Waals surface area contributed by atoms with Crippen LogP contribution in [0, 0.1) is 0 Å². The first-order valence-corrected chi connectivity index (χ1v) is 8.25. The summed E-state index contributed by atoms with van der Waals surface area (Å²) in [5.41, 5.74) is 0.594. The Balaban J connectivity index is 1.56. The van der Waals surface area contributed by atoms with Gasteiger partial charge in [-0.3, -0.25) is 14.7 Å². The molecule has 22 heavy (non-hydrogen) atoms. The van der Waals surface area contributed by atoms with Gasteiger partial charge in [0.2, 0.25) is 0 Å². The third-order valence-corrected chi connectivity index (χ3v) is 5.13. The Kier molecular flexibility index (Phi) is 4.17. The van der Waals surface area contributed by atoms with Gasteiger partial charge in [0.15, 0.2) is 0 Å². The van der Waals surface area contributed by atoms with Crippen LogP contribution in [0.2, 0.25) is 0 Å². The molecule has 2 saturated heterocycles.